The molecule has 1 aromatic carbocycles. The first-order valence-electron chi connectivity index (χ1n) is 8.57. The van der Waals surface area contributed by atoms with Crippen LogP contribution in [0.15, 0.2) is 28.8 Å². The minimum absolute atomic E-state index is 0.0200. The van der Waals surface area contributed by atoms with E-state index in [4.69, 9.17) is 9.26 Å². The summed E-state index contributed by atoms with van der Waals surface area (Å²) in [6.07, 6.45) is 0. The highest BCUT2D eigenvalue weighted by Crippen LogP contribution is 2.18. The maximum Gasteiger partial charge on any atom is 0.320 e. The molecule has 2 amide bonds. The quantitative estimate of drug-likeness (QED) is 0.853. The Hall–Kier alpha value is -2.41. The number of amides is 2. The zero-order valence-corrected chi connectivity index (χ0v) is 14.9. The van der Waals surface area contributed by atoms with Crippen molar-refractivity contribution in [1.82, 2.24) is 19.9 Å². The van der Waals surface area contributed by atoms with Crippen LogP contribution in [-0.4, -0.2) is 58.3 Å². The molecule has 0 radical (unpaired) electrons. The fourth-order valence-electron chi connectivity index (χ4n) is 2.69. The summed E-state index contributed by atoms with van der Waals surface area (Å²) in [5.41, 5.74) is 2.07. The van der Waals surface area contributed by atoms with Gasteiger partial charge in [-0.25, -0.2) is 4.79 Å². The number of carbonyl (C=O) groups is 1. The normalized spacial score (nSPS) is 14.8. The zero-order valence-electron chi connectivity index (χ0n) is 14.9. The van der Waals surface area contributed by atoms with E-state index in [1.807, 2.05) is 45.0 Å². The van der Waals surface area contributed by atoms with Gasteiger partial charge in [-0.2, -0.15) is 4.98 Å². The average molecular weight is 344 g/mol. The van der Waals surface area contributed by atoms with Crippen molar-refractivity contribution in [3.8, 4) is 11.4 Å². The molecule has 0 unspecified atom stereocenters. The average Bonchev–Trinajstić information content (AvgIpc) is 3.09. The summed E-state index contributed by atoms with van der Waals surface area (Å²) in [6.45, 7) is 8.67. The lowest BCUT2D eigenvalue weighted by Gasteiger charge is -2.34. The Morgan fingerprint density at radius 1 is 1.24 bits per heavy atom. The molecule has 7 nitrogen and oxygen atoms in total. The first kappa shape index (κ1) is 17.4. The minimum atomic E-state index is -0.0200. The Kier molecular flexibility index (Phi) is 5.33. The van der Waals surface area contributed by atoms with Gasteiger partial charge in [0.25, 0.3) is 0 Å². The molecule has 0 bridgehead atoms. The van der Waals surface area contributed by atoms with Gasteiger partial charge in [0, 0.05) is 24.7 Å². The molecule has 0 saturated carbocycles. The van der Waals surface area contributed by atoms with E-state index >= 15 is 0 Å². The van der Waals surface area contributed by atoms with Crippen molar-refractivity contribution < 1.29 is 14.1 Å². The van der Waals surface area contributed by atoms with Gasteiger partial charge in [0.05, 0.1) is 13.2 Å². The molecule has 0 spiro atoms. The molecular formula is C18H24N4O3. The number of urea groups is 1. The largest absolute Gasteiger partial charge is 0.378 e. The second-order valence-corrected chi connectivity index (χ2v) is 6.48. The van der Waals surface area contributed by atoms with E-state index in [1.54, 1.807) is 9.80 Å². The van der Waals surface area contributed by atoms with Crippen molar-refractivity contribution in [2.45, 2.75) is 33.4 Å². The van der Waals surface area contributed by atoms with Crippen LogP contribution in [0.4, 0.5) is 4.79 Å². The van der Waals surface area contributed by atoms with Crippen molar-refractivity contribution in [2.75, 3.05) is 26.3 Å². The molecule has 0 aliphatic carbocycles. The van der Waals surface area contributed by atoms with E-state index in [9.17, 15) is 4.79 Å². The standard InChI is InChI=1S/C18H24N4O3/c1-13(2)22(18(23)21-8-10-24-11-9-21)12-16-19-17(20-25-16)15-6-4-14(3)5-7-15/h4-7,13H,8-12H2,1-3H3. The predicted octanol–water partition coefficient (Wildman–Crippen LogP) is 2.71. The molecule has 1 fully saturated rings. The van der Waals surface area contributed by atoms with E-state index in [-0.39, 0.29) is 12.1 Å². The highest BCUT2D eigenvalue weighted by Gasteiger charge is 2.26. The number of aromatic nitrogens is 2. The Bertz CT molecular complexity index is 705. The van der Waals surface area contributed by atoms with Crippen LogP contribution in [0.1, 0.15) is 25.3 Å². The fraction of sp³-hybridized carbons (Fsp3) is 0.500. The van der Waals surface area contributed by atoms with Gasteiger partial charge in [-0.15, -0.1) is 0 Å². The van der Waals surface area contributed by atoms with Gasteiger partial charge in [-0.3, -0.25) is 0 Å². The summed E-state index contributed by atoms with van der Waals surface area (Å²) in [5.74, 6) is 0.975. The van der Waals surface area contributed by atoms with Gasteiger partial charge in [0.1, 0.15) is 6.54 Å². The van der Waals surface area contributed by atoms with Crippen molar-refractivity contribution in [3.05, 3.63) is 35.7 Å². The molecule has 0 N–H and O–H groups in total. The molecule has 0 atom stereocenters. The van der Waals surface area contributed by atoms with E-state index in [0.29, 0.717) is 44.6 Å². The molecule has 7 heteroatoms. The molecule has 3 rings (SSSR count). The molecule has 1 saturated heterocycles. The lowest BCUT2D eigenvalue weighted by atomic mass is 10.1. The first-order chi connectivity index (χ1) is 12.0. The van der Waals surface area contributed by atoms with Crippen LogP contribution < -0.4 is 0 Å². The van der Waals surface area contributed by atoms with Gasteiger partial charge in [0.15, 0.2) is 0 Å². The lowest BCUT2D eigenvalue weighted by molar-refractivity contribution is 0.0385. The molecular weight excluding hydrogens is 320 g/mol. The smallest absolute Gasteiger partial charge is 0.320 e. The van der Waals surface area contributed by atoms with Crippen LogP contribution in [-0.2, 0) is 11.3 Å². The fourth-order valence-corrected chi connectivity index (χ4v) is 2.69. The van der Waals surface area contributed by atoms with E-state index in [1.165, 1.54) is 5.56 Å². The number of carbonyl (C=O) groups excluding carboxylic acids is 1. The van der Waals surface area contributed by atoms with Crippen LogP contribution in [0, 0.1) is 6.92 Å². The molecule has 134 valence electrons. The Balaban J connectivity index is 1.72. The second kappa shape index (κ2) is 7.65. The number of benzene rings is 1. The summed E-state index contributed by atoms with van der Waals surface area (Å²) >= 11 is 0. The number of rotatable bonds is 4. The van der Waals surface area contributed by atoms with Crippen LogP contribution in [0.2, 0.25) is 0 Å². The van der Waals surface area contributed by atoms with Crippen LogP contribution in [0.5, 0.6) is 0 Å². The van der Waals surface area contributed by atoms with Gasteiger partial charge >= 0.3 is 6.03 Å². The summed E-state index contributed by atoms with van der Waals surface area (Å²) in [6, 6.07) is 7.95. The lowest BCUT2D eigenvalue weighted by Crippen LogP contribution is -2.50. The van der Waals surface area contributed by atoms with Crippen molar-refractivity contribution in [1.29, 1.82) is 0 Å². The monoisotopic (exact) mass is 344 g/mol. The number of hydrogen-bond acceptors (Lipinski definition) is 5. The number of aryl methyl sites for hydroxylation is 1. The topological polar surface area (TPSA) is 71.7 Å². The van der Waals surface area contributed by atoms with Crippen molar-refractivity contribution in [2.24, 2.45) is 0 Å². The number of morpholine rings is 1. The minimum Gasteiger partial charge on any atom is -0.378 e. The molecule has 2 aromatic rings. The van der Waals surface area contributed by atoms with Gasteiger partial charge in [-0.1, -0.05) is 35.0 Å². The molecule has 1 aromatic heterocycles. The Morgan fingerprint density at radius 2 is 1.92 bits per heavy atom. The molecule has 25 heavy (non-hydrogen) atoms. The van der Waals surface area contributed by atoms with Gasteiger partial charge in [0.2, 0.25) is 11.7 Å². The zero-order chi connectivity index (χ0) is 17.8. The van der Waals surface area contributed by atoms with Crippen LogP contribution >= 0.6 is 0 Å². The second-order valence-electron chi connectivity index (χ2n) is 6.48. The third-order valence-electron chi connectivity index (χ3n) is 4.23. The third kappa shape index (κ3) is 4.17. The predicted molar refractivity (Wildman–Crippen MR) is 92.9 cm³/mol. The van der Waals surface area contributed by atoms with E-state index in [0.717, 1.165) is 5.56 Å². The maximum atomic E-state index is 12.8. The third-order valence-corrected chi connectivity index (χ3v) is 4.23. The molecule has 2 heterocycles. The summed E-state index contributed by atoms with van der Waals surface area (Å²) in [5, 5.41) is 4.04. The van der Waals surface area contributed by atoms with E-state index in [2.05, 4.69) is 10.1 Å². The summed E-state index contributed by atoms with van der Waals surface area (Å²) in [4.78, 5) is 20.8. The molecule has 1 aliphatic heterocycles. The number of hydrogen-bond donors (Lipinski definition) is 0. The Labute approximate surface area is 147 Å². The molecule has 1 aliphatic rings. The first-order valence-corrected chi connectivity index (χ1v) is 8.57. The number of ether oxygens (including phenoxy) is 1. The Morgan fingerprint density at radius 3 is 2.56 bits per heavy atom. The van der Waals surface area contributed by atoms with Crippen molar-refractivity contribution in [3.63, 3.8) is 0 Å². The van der Waals surface area contributed by atoms with Crippen LogP contribution in [0.3, 0.4) is 0 Å². The van der Waals surface area contributed by atoms with Gasteiger partial charge < -0.3 is 19.1 Å². The number of nitrogens with zero attached hydrogens (tertiary/aromatic N) is 4. The maximum absolute atomic E-state index is 12.8. The SMILES string of the molecule is Cc1ccc(-c2noc(CN(C(=O)N3CCOCC3)C(C)C)n2)cc1. The highest BCUT2D eigenvalue weighted by atomic mass is 16.5. The highest BCUT2D eigenvalue weighted by molar-refractivity contribution is 5.74. The van der Waals surface area contributed by atoms with Crippen LogP contribution in [0.25, 0.3) is 11.4 Å². The van der Waals surface area contributed by atoms with E-state index < -0.39 is 0 Å². The van der Waals surface area contributed by atoms with Gasteiger partial charge in [-0.05, 0) is 20.8 Å². The summed E-state index contributed by atoms with van der Waals surface area (Å²) in [7, 11) is 0. The summed E-state index contributed by atoms with van der Waals surface area (Å²) < 4.78 is 10.7. The van der Waals surface area contributed by atoms with Crippen molar-refractivity contribution >= 4 is 6.03 Å².